The molecule has 0 bridgehead atoms. The Bertz CT molecular complexity index is 497. The second-order valence-corrected chi connectivity index (χ2v) is 3.80. The maximum absolute atomic E-state index is 10.5. The van der Waals surface area contributed by atoms with E-state index in [1.165, 1.54) is 12.1 Å². The third kappa shape index (κ3) is 6.14. The molecule has 0 N–H and O–H groups in total. The molecule has 0 aliphatic carbocycles. The number of nitrogens with zero attached hydrogens (tertiary/aromatic N) is 3. The van der Waals surface area contributed by atoms with Crippen molar-refractivity contribution < 1.29 is 22.2 Å². The van der Waals surface area contributed by atoms with Gasteiger partial charge in [0.15, 0.2) is 4.98 Å². The smallest absolute Gasteiger partial charge is 0.418 e. The Morgan fingerprint density at radius 1 is 1.39 bits per heavy atom. The number of diazo groups is 1. The zero-order chi connectivity index (χ0) is 14.5. The highest BCUT2D eigenvalue weighted by atomic mass is 79.9. The Morgan fingerprint density at radius 2 is 1.83 bits per heavy atom. The van der Waals surface area contributed by atoms with E-state index in [2.05, 4.69) is 20.9 Å². The van der Waals surface area contributed by atoms with Crippen molar-refractivity contribution in [3.8, 4) is 0 Å². The summed E-state index contributed by atoms with van der Waals surface area (Å²) in [7, 11) is -6.00. The number of nitro groups is 1. The van der Waals surface area contributed by atoms with Crippen molar-refractivity contribution in [3.05, 3.63) is 37.3 Å². The van der Waals surface area contributed by atoms with Crippen LogP contribution in [0.1, 0.15) is 5.56 Å². The molecular formula is C7H5BBrF4N3O2. The second-order valence-electron chi connectivity index (χ2n) is 2.94. The van der Waals surface area contributed by atoms with Gasteiger partial charge in [0.05, 0.1) is 4.92 Å². The van der Waals surface area contributed by atoms with Crippen LogP contribution >= 0.6 is 15.9 Å². The summed E-state index contributed by atoms with van der Waals surface area (Å²) in [5.41, 5.74) is 0.609. The van der Waals surface area contributed by atoms with Crippen LogP contribution in [0.4, 0.5) is 28.6 Å². The van der Waals surface area contributed by atoms with Crippen LogP contribution in [0.15, 0.2) is 16.6 Å². The first-order valence-electron chi connectivity index (χ1n) is 4.23. The number of benzene rings is 1. The molecule has 98 valence electrons. The summed E-state index contributed by atoms with van der Waals surface area (Å²) >= 11 is 3.11. The molecule has 0 unspecified atom stereocenters. The fourth-order valence-electron chi connectivity index (χ4n) is 0.924. The molecule has 0 aromatic heterocycles. The fraction of sp³-hybridized carbons (Fsp3) is 0.143. The van der Waals surface area contributed by atoms with E-state index in [-0.39, 0.29) is 11.4 Å². The van der Waals surface area contributed by atoms with Crippen LogP contribution in [0.2, 0.25) is 0 Å². The summed E-state index contributed by atoms with van der Waals surface area (Å²) in [6.45, 7) is 1.62. The first-order valence-corrected chi connectivity index (χ1v) is 5.02. The van der Waals surface area contributed by atoms with E-state index >= 15 is 0 Å². The molecule has 0 saturated heterocycles. The maximum Gasteiger partial charge on any atom is 0.673 e. The molecule has 0 spiro atoms. The average molecular weight is 330 g/mol. The molecule has 0 saturated carbocycles. The molecule has 0 heterocycles. The molecule has 5 nitrogen and oxygen atoms in total. The average Bonchev–Trinajstić information content (AvgIpc) is 2.14. The maximum atomic E-state index is 10.5. The second kappa shape index (κ2) is 6.30. The largest absolute Gasteiger partial charge is 0.673 e. The zero-order valence-corrected chi connectivity index (χ0v) is 10.4. The van der Waals surface area contributed by atoms with Crippen LogP contribution < -0.4 is 0 Å². The normalized spacial score (nSPS) is 10.1. The summed E-state index contributed by atoms with van der Waals surface area (Å²) in [5, 5.41) is 19.0. The lowest BCUT2D eigenvalue weighted by Gasteiger charge is -1.94. The molecule has 0 amide bonds. The third-order valence-corrected chi connectivity index (χ3v) is 2.20. The van der Waals surface area contributed by atoms with Gasteiger partial charge >= 0.3 is 12.9 Å². The summed E-state index contributed by atoms with van der Waals surface area (Å²) < 4.78 is 39.5. The highest BCUT2D eigenvalue weighted by Gasteiger charge is 2.21. The lowest BCUT2D eigenvalue weighted by atomic mass is 10.2. The third-order valence-electron chi connectivity index (χ3n) is 1.57. The predicted molar refractivity (Wildman–Crippen MR) is 60.5 cm³/mol. The molecule has 1 rings (SSSR count). The van der Waals surface area contributed by atoms with Gasteiger partial charge in [0.1, 0.15) is 10.5 Å². The van der Waals surface area contributed by atoms with Crippen molar-refractivity contribution in [2.24, 2.45) is 0 Å². The van der Waals surface area contributed by atoms with Gasteiger partial charge in [-0.05, 0) is 28.9 Å². The molecule has 1 aromatic rings. The summed E-state index contributed by atoms with van der Waals surface area (Å²) in [6.07, 6.45) is 0. The van der Waals surface area contributed by atoms with Crippen LogP contribution in [0.3, 0.4) is 0 Å². The van der Waals surface area contributed by atoms with Crippen molar-refractivity contribution in [1.29, 1.82) is 5.39 Å². The molecule has 0 aliphatic rings. The number of nitro benzene ring substituents is 1. The van der Waals surface area contributed by atoms with Gasteiger partial charge in [0.25, 0.3) is 5.69 Å². The molecular weight excluding hydrogens is 325 g/mol. The number of hydrogen-bond acceptors (Lipinski definition) is 3. The Labute approximate surface area is 107 Å². The van der Waals surface area contributed by atoms with Gasteiger partial charge in [-0.25, -0.2) is 0 Å². The van der Waals surface area contributed by atoms with Gasteiger partial charge < -0.3 is 17.3 Å². The number of halogens is 5. The van der Waals surface area contributed by atoms with Crippen LogP contribution in [-0.4, -0.2) is 12.2 Å². The Kier molecular flexibility index (Phi) is 5.70. The van der Waals surface area contributed by atoms with Crippen LogP contribution in [0, 0.1) is 22.4 Å². The van der Waals surface area contributed by atoms with Gasteiger partial charge in [-0.3, -0.25) is 10.1 Å². The van der Waals surface area contributed by atoms with Gasteiger partial charge in [0, 0.05) is 5.56 Å². The van der Waals surface area contributed by atoms with Crippen molar-refractivity contribution in [2.75, 3.05) is 0 Å². The van der Waals surface area contributed by atoms with Crippen molar-refractivity contribution in [2.45, 2.75) is 6.92 Å². The van der Waals surface area contributed by atoms with E-state index in [0.29, 0.717) is 10.0 Å². The van der Waals surface area contributed by atoms with Gasteiger partial charge in [-0.1, -0.05) is 0 Å². The first kappa shape index (κ1) is 16.3. The van der Waals surface area contributed by atoms with E-state index in [9.17, 15) is 27.4 Å². The predicted octanol–water partition coefficient (Wildman–Crippen LogP) is 4.45. The lowest BCUT2D eigenvalue weighted by Crippen LogP contribution is -2.02. The minimum Gasteiger partial charge on any atom is -0.418 e. The monoisotopic (exact) mass is 329 g/mol. The van der Waals surface area contributed by atoms with Crippen molar-refractivity contribution >= 4 is 34.6 Å². The van der Waals surface area contributed by atoms with Crippen molar-refractivity contribution in [1.82, 2.24) is 0 Å². The number of aryl methyl sites for hydroxylation is 1. The van der Waals surface area contributed by atoms with Crippen LogP contribution in [-0.2, 0) is 0 Å². The van der Waals surface area contributed by atoms with Gasteiger partial charge in [-0.15, -0.1) is 0 Å². The molecule has 0 fully saturated rings. The lowest BCUT2D eigenvalue weighted by molar-refractivity contribution is -0.385. The fourth-order valence-corrected chi connectivity index (χ4v) is 1.46. The van der Waals surface area contributed by atoms with Crippen LogP contribution in [0.25, 0.3) is 4.98 Å². The molecule has 0 radical (unpaired) electrons. The van der Waals surface area contributed by atoms with E-state index < -0.39 is 12.2 Å². The topological polar surface area (TPSA) is 71.3 Å². The highest BCUT2D eigenvalue weighted by Crippen LogP contribution is 2.32. The van der Waals surface area contributed by atoms with Gasteiger partial charge in [-0.2, -0.15) is 0 Å². The zero-order valence-electron chi connectivity index (χ0n) is 8.78. The summed E-state index contributed by atoms with van der Waals surface area (Å²) in [6, 6.07) is 2.74. The standard InChI is InChI=1S/C7H5BrN3O2.BF4/c1-4-2-5(8)6(10-9)3-7(4)11(12)13;2-1(3,4)5/h2-3H,1H3;/q+1;-1. The molecule has 11 heteroatoms. The van der Waals surface area contributed by atoms with E-state index in [1.807, 2.05) is 0 Å². The molecule has 0 aliphatic heterocycles. The highest BCUT2D eigenvalue weighted by molar-refractivity contribution is 9.10. The Balaban J connectivity index is 0.000000494. The van der Waals surface area contributed by atoms with E-state index in [4.69, 9.17) is 5.39 Å². The summed E-state index contributed by atoms with van der Waals surface area (Å²) in [4.78, 5) is 12.9. The number of hydrogen-bond donors (Lipinski definition) is 0. The van der Waals surface area contributed by atoms with Gasteiger partial charge in [0.2, 0.25) is 5.39 Å². The van der Waals surface area contributed by atoms with Crippen molar-refractivity contribution in [3.63, 3.8) is 0 Å². The van der Waals surface area contributed by atoms with E-state index in [0.717, 1.165) is 0 Å². The Hall–Kier alpha value is -1.70. The molecule has 0 atom stereocenters. The Morgan fingerprint density at radius 3 is 2.17 bits per heavy atom. The van der Waals surface area contributed by atoms with E-state index in [1.54, 1.807) is 6.92 Å². The number of rotatable bonds is 1. The summed E-state index contributed by atoms with van der Waals surface area (Å²) in [5.74, 6) is 0. The minimum absolute atomic E-state index is 0.0593. The quantitative estimate of drug-likeness (QED) is 0.251. The first-order chi connectivity index (χ1) is 8.06. The SMILES string of the molecule is Cc1cc(Br)c([N+]#N)cc1[N+](=O)[O-].F[B-](F)(F)F. The molecule has 18 heavy (non-hydrogen) atoms. The minimum atomic E-state index is -6.00. The van der Waals surface area contributed by atoms with Crippen LogP contribution in [0.5, 0.6) is 0 Å². The molecule has 1 aromatic carbocycles.